The molecule has 1 aliphatic carbocycles. The van der Waals surface area contributed by atoms with Crippen LogP contribution in [0.25, 0.3) is 0 Å². The molecule has 2 N–H and O–H groups in total. The molecular formula is C17H27N3O4S. The van der Waals surface area contributed by atoms with E-state index in [1.165, 1.54) is 12.1 Å². The molecule has 25 heavy (non-hydrogen) atoms. The average Bonchev–Trinajstić information content (AvgIpc) is 3.10. The predicted molar refractivity (Wildman–Crippen MR) is 96.5 cm³/mol. The fourth-order valence-corrected chi connectivity index (χ4v) is 4.26. The first-order chi connectivity index (χ1) is 11.8. The van der Waals surface area contributed by atoms with Gasteiger partial charge in [0.2, 0.25) is 5.91 Å². The SMILES string of the molecule is CNC(=O)CNc1cccc(S(=O)(=O)N(OC2CCCC2)C(C)C)c1. The number of likely N-dealkylation sites (N-methyl/N-ethyl adjacent to an activating group) is 1. The van der Waals surface area contributed by atoms with E-state index in [0.717, 1.165) is 30.2 Å². The molecule has 1 saturated carbocycles. The van der Waals surface area contributed by atoms with Crippen LogP contribution in [-0.2, 0) is 19.7 Å². The van der Waals surface area contributed by atoms with Gasteiger partial charge in [0.05, 0.1) is 17.5 Å². The van der Waals surface area contributed by atoms with Crippen molar-refractivity contribution >= 4 is 21.6 Å². The van der Waals surface area contributed by atoms with Crippen LogP contribution in [0.1, 0.15) is 39.5 Å². The minimum atomic E-state index is -3.78. The highest BCUT2D eigenvalue weighted by atomic mass is 32.2. The van der Waals surface area contributed by atoms with Crippen LogP contribution in [0.5, 0.6) is 0 Å². The maximum absolute atomic E-state index is 13.0. The first-order valence-electron chi connectivity index (χ1n) is 8.60. The molecule has 0 heterocycles. The van der Waals surface area contributed by atoms with Gasteiger partial charge in [0, 0.05) is 18.8 Å². The molecule has 0 radical (unpaired) electrons. The van der Waals surface area contributed by atoms with E-state index in [-0.39, 0.29) is 29.5 Å². The number of hydrogen-bond acceptors (Lipinski definition) is 5. The highest BCUT2D eigenvalue weighted by Gasteiger charge is 2.32. The lowest BCUT2D eigenvalue weighted by Gasteiger charge is -2.28. The summed E-state index contributed by atoms with van der Waals surface area (Å²) in [6, 6.07) is 6.11. The number of nitrogens with one attached hydrogen (secondary N) is 2. The fourth-order valence-electron chi connectivity index (χ4n) is 2.74. The van der Waals surface area contributed by atoms with E-state index in [0.29, 0.717) is 5.69 Å². The summed E-state index contributed by atoms with van der Waals surface area (Å²) in [6.07, 6.45) is 3.84. The molecule has 8 heteroatoms. The van der Waals surface area contributed by atoms with Gasteiger partial charge in [-0.05, 0) is 44.9 Å². The highest BCUT2D eigenvalue weighted by Crippen LogP contribution is 2.27. The van der Waals surface area contributed by atoms with Gasteiger partial charge >= 0.3 is 0 Å². The molecule has 0 saturated heterocycles. The van der Waals surface area contributed by atoms with Crippen LogP contribution in [0.4, 0.5) is 5.69 Å². The molecule has 0 spiro atoms. The Balaban J connectivity index is 2.19. The summed E-state index contributed by atoms with van der Waals surface area (Å²) >= 11 is 0. The third kappa shape index (κ3) is 5.17. The average molecular weight is 369 g/mol. The van der Waals surface area contributed by atoms with Crippen molar-refractivity contribution < 1.29 is 18.0 Å². The molecule has 0 bridgehead atoms. The number of rotatable bonds is 8. The number of nitrogens with zero attached hydrogens (tertiary/aromatic N) is 1. The number of carbonyl (C=O) groups is 1. The summed E-state index contributed by atoms with van der Waals surface area (Å²) in [7, 11) is -2.24. The Labute approximate surface area is 149 Å². The summed E-state index contributed by atoms with van der Waals surface area (Å²) in [5.41, 5.74) is 0.564. The van der Waals surface area contributed by atoms with Crippen molar-refractivity contribution in [3.05, 3.63) is 24.3 Å². The number of sulfonamides is 1. The topological polar surface area (TPSA) is 87.7 Å². The number of amides is 1. The fraction of sp³-hybridized carbons (Fsp3) is 0.588. The van der Waals surface area contributed by atoms with Gasteiger partial charge in [0.25, 0.3) is 10.0 Å². The van der Waals surface area contributed by atoms with Crippen molar-refractivity contribution in [3.63, 3.8) is 0 Å². The van der Waals surface area contributed by atoms with E-state index in [1.54, 1.807) is 33.0 Å². The van der Waals surface area contributed by atoms with Crippen LogP contribution in [0.3, 0.4) is 0 Å². The standard InChI is InChI=1S/C17H27N3O4S/c1-13(2)20(24-15-8-4-5-9-15)25(22,23)16-10-6-7-14(11-16)19-12-17(21)18-3/h6-7,10-11,13,15,19H,4-5,8-9,12H2,1-3H3,(H,18,21). The lowest BCUT2D eigenvalue weighted by molar-refractivity contribution is -0.146. The van der Waals surface area contributed by atoms with Crippen LogP contribution in [0.15, 0.2) is 29.2 Å². The predicted octanol–water partition coefficient (Wildman–Crippen LogP) is 2.12. The van der Waals surface area contributed by atoms with Gasteiger partial charge in [0.1, 0.15) is 0 Å². The van der Waals surface area contributed by atoms with E-state index in [1.807, 2.05) is 0 Å². The lowest BCUT2D eigenvalue weighted by atomic mass is 10.3. The molecule has 1 aliphatic rings. The Morgan fingerprint density at radius 3 is 2.60 bits per heavy atom. The van der Waals surface area contributed by atoms with Crippen LogP contribution < -0.4 is 10.6 Å². The number of hydrogen-bond donors (Lipinski definition) is 2. The zero-order valence-electron chi connectivity index (χ0n) is 15.0. The van der Waals surface area contributed by atoms with Crippen molar-refractivity contribution in [1.29, 1.82) is 0 Å². The second-order valence-electron chi connectivity index (χ2n) is 6.42. The Hall–Kier alpha value is -1.64. The lowest BCUT2D eigenvalue weighted by Crippen LogP contribution is -2.39. The van der Waals surface area contributed by atoms with E-state index in [2.05, 4.69) is 10.6 Å². The van der Waals surface area contributed by atoms with Gasteiger partial charge in [0.15, 0.2) is 0 Å². The van der Waals surface area contributed by atoms with Gasteiger partial charge < -0.3 is 10.6 Å². The van der Waals surface area contributed by atoms with E-state index in [4.69, 9.17) is 4.84 Å². The molecule has 2 rings (SSSR count). The van der Waals surface area contributed by atoms with Gasteiger partial charge in [-0.15, -0.1) is 0 Å². The second kappa shape index (κ2) is 8.64. The summed E-state index contributed by atoms with van der Waals surface area (Å²) in [5, 5.41) is 5.42. The van der Waals surface area contributed by atoms with Crippen LogP contribution in [0, 0.1) is 0 Å². The van der Waals surface area contributed by atoms with Crippen molar-refractivity contribution in [2.75, 3.05) is 18.9 Å². The van der Waals surface area contributed by atoms with Gasteiger partial charge in [-0.1, -0.05) is 23.4 Å². The third-order valence-corrected chi connectivity index (χ3v) is 5.91. The first kappa shape index (κ1) is 19.7. The minimum absolute atomic E-state index is 0.0493. The largest absolute Gasteiger partial charge is 0.376 e. The van der Waals surface area contributed by atoms with Crippen LogP contribution in [-0.4, -0.2) is 44.5 Å². The molecule has 0 aromatic heterocycles. The molecule has 1 aromatic carbocycles. The maximum Gasteiger partial charge on any atom is 0.265 e. The van der Waals surface area contributed by atoms with Crippen molar-refractivity contribution in [1.82, 2.24) is 9.79 Å². The van der Waals surface area contributed by atoms with E-state index in [9.17, 15) is 13.2 Å². The number of anilines is 1. The molecule has 0 unspecified atom stereocenters. The summed E-state index contributed by atoms with van der Waals surface area (Å²) < 4.78 is 27.1. The molecule has 140 valence electrons. The molecule has 1 aromatic rings. The monoisotopic (exact) mass is 369 g/mol. The van der Waals surface area contributed by atoms with Crippen molar-refractivity contribution in [2.24, 2.45) is 0 Å². The van der Waals surface area contributed by atoms with Gasteiger partial charge in [-0.3, -0.25) is 9.63 Å². The summed E-state index contributed by atoms with van der Waals surface area (Å²) in [6.45, 7) is 3.66. The Morgan fingerprint density at radius 2 is 2.00 bits per heavy atom. The molecular weight excluding hydrogens is 342 g/mol. The molecule has 0 aliphatic heterocycles. The summed E-state index contributed by atoms with van der Waals surface area (Å²) in [4.78, 5) is 17.3. The normalized spacial score (nSPS) is 15.7. The van der Waals surface area contributed by atoms with Gasteiger partial charge in [-0.2, -0.15) is 0 Å². The van der Waals surface area contributed by atoms with Crippen molar-refractivity contribution in [2.45, 2.75) is 56.6 Å². The number of benzene rings is 1. The molecule has 0 atom stereocenters. The second-order valence-corrected chi connectivity index (χ2v) is 8.20. The quantitative estimate of drug-likeness (QED) is 0.685. The Kier molecular flexibility index (Phi) is 6.80. The molecule has 7 nitrogen and oxygen atoms in total. The van der Waals surface area contributed by atoms with Crippen molar-refractivity contribution in [3.8, 4) is 0 Å². The molecule has 1 amide bonds. The Bertz CT molecular complexity index is 685. The van der Waals surface area contributed by atoms with Crippen LogP contribution >= 0.6 is 0 Å². The molecule has 1 fully saturated rings. The number of hydroxylamine groups is 1. The minimum Gasteiger partial charge on any atom is -0.376 e. The smallest absolute Gasteiger partial charge is 0.265 e. The summed E-state index contributed by atoms with van der Waals surface area (Å²) in [5.74, 6) is -0.179. The number of carbonyl (C=O) groups excluding carboxylic acids is 1. The maximum atomic E-state index is 13.0. The van der Waals surface area contributed by atoms with E-state index >= 15 is 0 Å². The zero-order chi connectivity index (χ0) is 18.4. The Morgan fingerprint density at radius 1 is 1.32 bits per heavy atom. The van der Waals surface area contributed by atoms with E-state index < -0.39 is 10.0 Å². The van der Waals surface area contributed by atoms with Crippen LogP contribution in [0.2, 0.25) is 0 Å². The van der Waals surface area contributed by atoms with Gasteiger partial charge in [-0.25, -0.2) is 8.42 Å². The third-order valence-electron chi connectivity index (χ3n) is 4.08. The zero-order valence-corrected chi connectivity index (χ0v) is 15.8. The first-order valence-corrected chi connectivity index (χ1v) is 10.0. The highest BCUT2D eigenvalue weighted by molar-refractivity contribution is 7.89.